The number of hydrogen-bond acceptors (Lipinski definition) is 2. The molecule has 0 saturated carbocycles. The van der Waals surface area contributed by atoms with E-state index in [2.05, 4.69) is 24.3 Å². The fourth-order valence-electron chi connectivity index (χ4n) is 2.19. The molecule has 22 heavy (non-hydrogen) atoms. The van der Waals surface area contributed by atoms with Crippen molar-refractivity contribution in [3.63, 3.8) is 0 Å². The third-order valence-electron chi connectivity index (χ3n) is 3.56. The summed E-state index contributed by atoms with van der Waals surface area (Å²) in [6.45, 7) is 6.18. The van der Waals surface area contributed by atoms with Crippen molar-refractivity contribution in [3.8, 4) is 0 Å². The molecule has 0 aliphatic rings. The summed E-state index contributed by atoms with van der Waals surface area (Å²) in [5.74, 6) is 0.408. The molecule has 0 fully saturated rings. The molecule has 0 radical (unpaired) electrons. The van der Waals surface area contributed by atoms with Gasteiger partial charge in [0.1, 0.15) is 0 Å². The molecule has 2 rings (SSSR count). The number of nitrogens with one attached hydrogen (secondary N) is 1. The molecule has 6 heteroatoms. The van der Waals surface area contributed by atoms with Gasteiger partial charge in [0.25, 0.3) is 0 Å². The Morgan fingerprint density at radius 3 is 2.73 bits per heavy atom. The summed E-state index contributed by atoms with van der Waals surface area (Å²) in [7, 11) is 0. The van der Waals surface area contributed by atoms with Gasteiger partial charge in [-0.15, -0.1) is 0 Å². The molecule has 1 aromatic heterocycles. The van der Waals surface area contributed by atoms with Crippen LogP contribution in [0.25, 0.3) is 0 Å². The van der Waals surface area contributed by atoms with Gasteiger partial charge in [-0.1, -0.05) is 36.2 Å². The highest BCUT2D eigenvalue weighted by Gasteiger charge is 2.13. The maximum atomic E-state index is 12.1. The number of amides is 1. The predicted octanol–water partition coefficient (Wildman–Crippen LogP) is 4.65. The fourth-order valence-corrected chi connectivity index (χ4v) is 2.67. The van der Waals surface area contributed by atoms with E-state index in [9.17, 15) is 4.79 Å². The van der Waals surface area contributed by atoms with Gasteiger partial charge in [0.2, 0.25) is 5.91 Å². The van der Waals surface area contributed by atoms with Gasteiger partial charge >= 0.3 is 0 Å². The van der Waals surface area contributed by atoms with Gasteiger partial charge in [0.05, 0.1) is 6.42 Å². The number of anilines is 1. The van der Waals surface area contributed by atoms with Crippen LogP contribution >= 0.6 is 23.2 Å². The smallest absolute Gasteiger partial charge is 0.230 e. The minimum atomic E-state index is -0.155. The lowest BCUT2D eigenvalue weighted by Gasteiger charge is -2.11. The second kappa shape index (κ2) is 7.16. The maximum Gasteiger partial charge on any atom is 0.230 e. The summed E-state index contributed by atoms with van der Waals surface area (Å²) in [4.78, 5) is 12.1. The van der Waals surface area contributed by atoms with Gasteiger partial charge < -0.3 is 5.32 Å². The second-order valence-electron chi connectivity index (χ2n) is 5.33. The molecule has 1 aromatic carbocycles. The van der Waals surface area contributed by atoms with Crippen LogP contribution in [0.15, 0.2) is 24.3 Å². The largest absolute Gasteiger partial charge is 0.309 e. The molecule has 0 saturated heterocycles. The average molecular weight is 340 g/mol. The molecule has 0 spiro atoms. The van der Waals surface area contributed by atoms with Crippen LogP contribution in [0.2, 0.25) is 10.0 Å². The Balaban J connectivity index is 2.06. The molecule has 0 bridgehead atoms. The number of carbonyl (C=O) groups excluding carboxylic acids is 1. The van der Waals surface area contributed by atoms with Crippen molar-refractivity contribution in [2.75, 3.05) is 5.32 Å². The third-order valence-corrected chi connectivity index (χ3v) is 4.15. The first kappa shape index (κ1) is 16.8. The highest BCUT2D eigenvalue weighted by molar-refractivity contribution is 6.35. The van der Waals surface area contributed by atoms with Crippen molar-refractivity contribution in [3.05, 3.63) is 45.6 Å². The third kappa shape index (κ3) is 4.02. The Bertz CT molecular complexity index is 682. The molecular formula is C16H19Cl2N3O. The van der Waals surface area contributed by atoms with Gasteiger partial charge in [-0.3, -0.25) is 9.48 Å². The van der Waals surface area contributed by atoms with E-state index in [1.807, 2.05) is 17.7 Å². The number of nitrogens with zero attached hydrogens (tertiary/aromatic N) is 2. The van der Waals surface area contributed by atoms with Gasteiger partial charge in [0.15, 0.2) is 5.82 Å². The number of halogens is 2. The van der Waals surface area contributed by atoms with Gasteiger partial charge in [0, 0.05) is 27.8 Å². The summed E-state index contributed by atoms with van der Waals surface area (Å²) in [6, 6.07) is 7.28. The van der Waals surface area contributed by atoms with Crippen LogP contribution in [0, 0.1) is 6.92 Å². The average Bonchev–Trinajstić information content (AvgIpc) is 2.81. The molecule has 1 atom stereocenters. The number of hydrogen-bond donors (Lipinski definition) is 1. The van der Waals surface area contributed by atoms with Crippen LogP contribution in [0.4, 0.5) is 5.82 Å². The monoisotopic (exact) mass is 339 g/mol. The first-order valence-electron chi connectivity index (χ1n) is 7.20. The zero-order valence-electron chi connectivity index (χ0n) is 12.9. The zero-order valence-corrected chi connectivity index (χ0v) is 14.4. The normalized spacial score (nSPS) is 12.2. The van der Waals surface area contributed by atoms with E-state index in [-0.39, 0.29) is 12.3 Å². The summed E-state index contributed by atoms with van der Waals surface area (Å²) in [6.07, 6.45) is 1.17. The van der Waals surface area contributed by atoms with Crippen molar-refractivity contribution >= 4 is 34.9 Å². The molecular weight excluding hydrogens is 321 g/mol. The zero-order chi connectivity index (χ0) is 16.3. The molecule has 1 heterocycles. The van der Waals surface area contributed by atoms with Crippen molar-refractivity contribution in [2.24, 2.45) is 0 Å². The first-order valence-corrected chi connectivity index (χ1v) is 7.96. The van der Waals surface area contributed by atoms with E-state index < -0.39 is 0 Å². The van der Waals surface area contributed by atoms with Crippen molar-refractivity contribution in [1.82, 2.24) is 9.78 Å². The predicted molar refractivity (Wildman–Crippen MR) is 90.8 cm³/mol. The number of benzene rings is 1. The van der Waals surface area contributed by atoms with E-state index in [4.69, 9.17) is 23.2 Å². The minimum absolute atomic E-state index is 0.155. The Labute approximate surface area is 140 Å². The number of carbonyl (C=O) groups is 1. The summed E-state index contributed by atoms with van der Waals surface area (Å²) in [5.41, 5.74) is 1.76. The molecule has 4 nitrogen and oxygen atoms in total. The number of aryl methyl sites for hydroxylation is 1. The Hall–Kier alpha value is -1.52. The molecule has 1 amide bonds. The van der Waals surface area contributed by atoms with Crippen LogP contribution in [-0.2, 0) is 11.2 Å². The van der Waals surface area contributed by atoms with Gasteiger partial charge in [-0.25, -0.2) is 0 Å². The topological polar surface area (TPSA) is 46.9 Å². The quantitative estimate of drug-likeness (QED) is 0.861. The Morgan fingerprint density at radius 2 is 2.09 bits per heavy atom. The molecule has 0 aliphatic carbocycles. The number of aromatic nitrogens is 2. The first-order chi connectivity index (χ1) is 10.4. The van der Waals surface area contributed by atoms with Crippen LogP contribution in [0.3, 0.4) is 0 Å². The highest BCUT2D eigenvalue weighted by atomic mass is 35.5. The molecule has 2 aromatic rings. The fraction of sp³-hybridized carbons (Fsp3) is 0.375. The lowest BCUT2D eigenvalue weighted by molar-refractivity contribution is -0.115. The molecule has 0 aliphatic heterocycles. The van der Waals surface area contributed by atoms with E-state index in [1.54, 1.807) is 18.2 Å². The Morgan fingerprint density at radius 1 is 1.36 bits per heavy atom. The summed E-state index contributed by atoms with van der Waals surface area (Å²) in [5, 5.41) is 8.28. The van der Waals surface area contributed by atoms with E-state index >= 15 is 0 Å². The molecule has 0 unspecified atom stereocenters. The van der Waals surface area contributed by atoms with Crippen LogP contribution in [-0.4, -0.2) is 15.7 Å². The highest BCUT2D eigenvalue weighted by Crippen LogP contribution is 2.22. The standard InChI is InChI=1S/C16H19Cl2N3O/c1-4-10(2)21-11(3)7-15(20-21)19-16(22)8-12-5-6-13(17)9-14(12)18/h5-7,9-10H,4,8H2,1-3H3,(H,19,20,22)/t10-/m1/s1. The molecule has 1 N–H and O–H groups in total. The maximum absolute atomic E-state index is 12.1. The minimum Gasteiger partial charge on any atom is -0.309 e. The van der Waals surface area contributed by atoms with E-state index in [1.165, 1.54) is 0 Å². The van der Waals surface area contributed by atoms with E-state index in [0.29, 0.717) is 21.9 Å². The lowest BCUT2D eigenvalue weighted by Crippen LogP contribution is -2.15. The second-order valence-corrected chi connectivity index (χ2v) is 6.18. The number of rotatable bonds is 5. The van der Waals surface area contributed by atoms with Crippen LogP contribution in [0.5, 0.6) is 0 Å². The summed E-state index contributed by atoms with van der Waals surface area (Å²) >= 11 is 11.9. The molecule has 118 valence electrons. The Kier molecular flexibility index (Phi) is 5.48. The van der Waals surface area contributed by atoms with Crippen molar-refractivity contribution in [1.29, 1.82) is 0 Å². The summed E-state index contributed by atoms with van der Waals surface area (Å²) < 4.78 is 1.92. The van der Waals surface area contributed by atoms with Crippen LogP contribution < -0.4 is 5.32 Å². The van der Waals surface area contributed by atoms with Crippen LogP contribution in [0.1, 0.15) is 37.6 Å². The van der Waals surface area contributed by atoms with Gasteiger partial charge in [-0.05, 0) is 38.0 Å². The van der Waals surface area contributed by atoms with Crippen molar-refractivity contribution in [2.45, 2.75) is 39.7 Å². The van der Waals surface area contributed by atoms with Crippen molar-refractivity contribution < 1.29 is 4.79 Å². The SMILES string of the molecule is CC[C@@H](C)n1nc(NC(=O)Cc2ccc(Cl)cc2Cl)cc1C. The van der Waals surface area contributed by atoms with Gasteiger partial charge in [-0.2, -0.15) is 5.10 Å². The lowest BCUT2D eigenvalue weighted by atomic mass is 10.1. The van der Waals surface area contributed by atoms with E-state index in [0.717, 1.165) is 17.7 Å².